The minimum atomic E-state index is -0.468. The van der Waals surface area contributed by atoms with E-state index in [1.165, 1.54) is 18.2 Å². The Morgan fingerprint density at radius 2 is 2.11 bits per heavy atom. The van der Waals surface area contributed by atoms with Crippen molar-refractivity contribution < 1.29 is 14.8 Å². The predicted molar refractivity (Wildman–Crippen MR) is 69.3 cm³/mol. The number of carbonyl (C=O) groups excluding carboxylic acids is 1. The Morgan fingerprint density at radius 3 is 2.63 bits per heavy atom. The number of rotatable bonds is 3. The van der Waals surface area contributed by atoms with E-state index in [1.807, 2.05) is 0 Å². The molecule has 1 aromatic carbocycles. The molecule has 0 saturated carbocycles. The number of likely N-dealkylation sites (tertiary alicyclic amines) is 1. The lowest BCUT2D eigenvalue weighted by molar-refractivity contribution is -0.384. The van der Waals surface area contributed by atoms with Gasteiger partial charge in [-0.15, -0.1) is 0 Å². The topological polar surface area (TPSA) is 83.7 Å². The van der Waals surface area contributed by atoms with Crippen molar-refractivity contribution in [1.82, 2.24) is 4.90 Å². The Morgan fingerprint density at radius 1 is 1.42 bits per heavy atom. The lowest BCUT2D eigenvalue weighted by atomic mass is 10.2. The third-order valence-corrected chi connectivity index (χ3v) is 3.00. The van der Waals surface area contributed by atoms with E-state index in [9.17, 15) is 20.0 Å². The molecule has 2 rings (SSSR count). The molecule has 1 aliphatic heterocycles. The predicted octanol–water partition coefficient (Wildman–Crippen LogP) is 1.20. The average Bonchev–Trinajstić information content (AvgIpc) is 2.83. The van der Waals surface area contributed by atoms with Gasteiger partial charge in [-0.1, -0.05) is 0 Å². The smallest absolute Gasteiger partial charge is 0.269 e. The monoisotopic (exact) mass is 262 g/mol. The molecule has 0 bridgehead atoms. The lowest BCUT2D eigenvalue weighted by Crippen LogP contribution is -2.27. The summed E-state index contributed by atoms with van der Waals surface area (Å²) < 4.78 is 0. The van der Waals surface area contributed by atoms with Gasteiger partial charge in [-0.2, -0.15) is 0 Å². The molecule has 0 aromatic heterocycles. The molecule has 1 aliphatic rings. The first-order valence-electron chi connectivity index (χ1n) is 5.96. The number of nitro groups is 1. The van der Waals surface area contributed by atoms with Crippen LogP contribution in [0.2, 0.25) is 0 Å². The standard InChI is InChI=1S/C13H14N2O4/c16-12-7-8-14(9-12)13(17)6-3-10-1-4-11(5-2-10)15(18)19/h1-6,12,16H,7-9H2. The largest absolute Gasteiger partial charge is 0.391 e. The minimum absolute atomic E-state index is 0.0196. The van der Waals surface area contributed by atoms with Gasteiger partial charge in [0, 0.05) is 31.3 Å². The van der Waals surface area contributed by atoms with Gasteiger partial charge in [0.05, 0.1) is 11.0 Å². The molecule has 1 N–H and O–H groups in total. The molecule has 0 spiro atoms. The zero-order valence-corrected chi connectivity index (χ0v) is 10.2. The highest BCUT2D eigenvalue weighted by Crippen LogP contribution is 2.14. The molecule has 1 atom stereocenters. The Bertz CT molecular complexity index is 510. The fourth-order valence-corrected chi connectivity index (χ4v) is 1.92. The summed E-state index contributed by atoms with van der Waals surface area (Å²) in [6, 6.07) is 5.95. The number of aliphatic hydroxyl groups excluding tert-OH is 1. The number of nitro benzene ring substituents is 1. The van der Waals surface area contributed by atoms with Gasteiger partial charge in [-0.3, -0.25) is 14.9 Å². The highest BCUT2D eigenvalue weighted by atomic mass is 16.6. The van der Waals surface area contributed by atoms with Crippen LogP contribution in [0, 0.1) is 10.1 Å². The number of nitrogens with zero attached hydrogens (tertiary/aromatic N) is 2. The second-order valence-electron chi connectivity index (χ2n) is 4.41. The third kappa shape index (κ3) is 3.38. The van der Waals surface area contributed by atoms with Gasteiger partial charge in [0.1, 0.15) is 0 Å². The van der Waals surface area contributed by atoms with Gasteiger partial charge >= 0.3 is 0 Å². The Hall–Kier alpha value is -2.21. The summed E-state index contributed by atoms with van der Waals surface area (Å²) in [7, 11) is 0. The van der Waals surface area contributed by atoms with E-state index < -0.39 is 11.0 Å². The number of carbonyl (C=O) groups is 1. The van der Waals surface area contributed by atoms with Gasteiger partial charge < -0.3 is 10.0 Å². The van der Waals surface area contributed by atoms with Crippen LogP contribution in [-0.4, -0.2) is 40.0 Å². The number of hydrogen-bond donors (Lipinski definition) is 1. The summed E-state index contributed by atoms with van der Waals surface area (Å²) in [6.07, 6.45) is 3.20. The summed E-state index contributed by atoms with van der Waals surface area (Å²) >= 11 is 0. The maximum Gasteiger partial charge on any atom is 0.269 e. The highest BCUT2D eigenvalue weighted by molar-refractivity contribution is 5.92. The maximum absolute atomic E-state index is 11.8. The Labute approximate surface area is 110 Å². The fraction of sp³-hybridized carbons (Fsp3) is 0.308. The van der Waals surface area contributed by atoms with Crippen LogP contribution in [0.25, 0.3) is 6.08 Å². The van der Waals surface area contributed by atoms with E-state index in [-0.39, 0.29) is 11.6 Å². The van der Waals surface area contributed by atoms with Crippen LogP contribution >= 0.6 is 0 Å². The molecule has 1 fully saturated rings. The molecular weight excluding hydrogens is 248 g/mol. The molecule has 1 amide bonds. The third-order valence-electron chi connectivity index (χ3n) is 3.00. The van der Waals surface area contributed by atoms with Gasteiger partial charge in [-0.25, -0.2) is 0 Å². The molecule has 19 heavy (non-hydrogen) atoms. The highest BCUT2D eigenvalue weighted by Gasteiger charge is 2.22. The molecule has 100 valence electrons. The van der Waals surface area contributed by atoms with Crippen LogP contribution in [0.5, 0.6) is 0 Å². The minimum Gasteiger partial charge on any atom is -0.391 e. The fourth-order valence-electron chi connectivity index (χ4n) is 1.92. The molecule has 6 heteroatoms. The number of aliphatic hydroxyl groups is 1. The molecule has 0 aliphatic carbocycles. The molecule has 6 nitrogen and oxygen atoms in total. The van der Waals surface area contributed by atoms with Crippen molar-refractivity contribution in [2.24, 2.45) is 0 Å². The van der Waals surface area contributed by atoms with Gasteiger partial charge in [0.15, 0.2) is 0 Å². The van der Waals surface area contributed by atoms with Crippen molar-refractivity contribution in [2.75, 3.05) is 13.1 Å². The summed E-state index contributed by atoms with van der Waals surface area (Å²) in [5, 5.41) is 19.8. The SMILES string of the molecule is O=C(C=Cc1ccc([N+](=O)[O-])cc1)N1CCC(O)C1. The molecule has 1 unspecified atom stereocenters. The molecule has 0 radical (unpaired) electrons. The van der Waals surface area contributed by atoms with Crippen LogP contribution in [0.1, 0.15) is 12.0 Å². The zero-order chi connectivity index (χ0) is 13.8. The van der Waals surface area contributed by atoms with Crippen LogP contribution < -0.4 is 0 Å². The van der Waals surface area contributed by atoms with Crippen LogP contribution in [0.4, 0.5) is 5.69 Å². The quantitative estimate of drug-likeness (QED) is 0.504. The lowest BCUT2D eigenvalue weighted by Gasteiger charge is -2.12. The Balaban J connectivity index is 1.98. The van der Waals surface area contributed by atoms with Gasteiger partial charge in [0.25, 0.3) is 5.69 Å². The number of hydrogen-bond acceptors (Lipinski definition) is 4. The van der Waals surface area contributed by atoms with E-state index in [2.05, 4.69) is 0 Å². The molecule has 1 saturated heterocycles. The molecule has 1 heterocycles. The van der Waals surface area contributed by atoms with E-state index in [0.29, 0.717) is 19.5 Å². The van der Waals surface area contributed by atoms with Crippen LogP contribution in [0.15, 0.2) is 30.3 Å². The van der Waals surface area contributed by atoms with Crippen molar-refractivity contribution in [3.63, 3.8) is 0 Å². The van der Waals surface area contributed by atoms with Crippen molar-refractivity contribution in [3.05, 3.63) is 46.0 Å². The summed E-state index contributed by atoms with van der Waals surface area (Å²) in [5.41, 5.74) is 0.741. The zero-order valence-electron chi connectivity index (χ0n) is 10.2. The summed E-state index contributed by atoms with van der Waals surface area (Å²) in [5.74, 6) is -0.157. The first-order valence-corrected chi connectivity index (χ1v) is 5.96. The van der Waals surface area contributed by atoms with Crippen molar-refractivity contribution in [3.8, 4) is 0 Å². The van der Waals surface area contributed by atoms with Gasteiger partial charge in [0.2, 0.25) is 5.91 Å². The first-order chi connectivity index (χ1) is 9.06. The van der Waals surface area contributed by atoms with E-state index in [4.69, 9.17) is 0 Å². The van der Waals surface area contributed by atoms with Crippen molar-refractivity contribution in [1.29, 1.82) is 0 Å². The second-order valence-corrected chi connectivity index (χ2v) is 4.41. The van der Waals surface area contributed by atoms with Crippen LogP contribution in [0.3, 0.4) is 0 Å². The second kappa shape index (κ2) is 5.62. The maximum atomic E-state index is 11.8. The summed E-state index contributed by atoms with van der Waals surface area (Å²) in [4.78, 5) is 23.4. The van der Waals surface area contributed by atoms with E-state index >= 15 is 0 Å². The molecule has 1 aromatic rings. The first kappa shape index (κ1) is 13.2. The number of benzene rings is 1. The number of non-ortho nitro benzene ring substituents is 1. The van der Waals surface area contributed by atoms with Crippen LogP contribution in [-0.2, 0) is 4.79 Å². The molecular formula is C13H14N2O4. The summed E-state index contributed by atoms with van der Waals surface area (Å²) in [6.45, 7) is 0.925. The van der Waals surface area contributed by atoms with E-state index in [1.54, 1.807) is 23.1 Å². The average molecular weight is 262 g/mol. The number of β-amino-alcohol motifs (C(OH)–C–C–N with tert-alkyl or cyclic N) is 1. The van der Waals surface area contributed by atoms with Crippen molar-refractivity contribution >= 4 is 17.7 Å². The normalized spacial score (nSPS) is 19.0. The number of amides is 1. The van der Waals surface area contributed by atoms with Gasteiger partial charge in [-0.05, 0) is 30.2 Å². The van der Waals surface area contributed by atoms with Crippen molar-refractivity contribution in [2.45, 2.75) is 12.5 Å². The Kier molecular flexibility index (Phi) is 3.91. The van der Waals surface area contributed by atoms with E-state index in [0.717, 1.165) is 5.56 Å².